The minimum Gasteiger partial charge on any atom is -0.497 e. The van der Waals surface area contributed by atoms with Crippen molar-refractivity contribution in [1.29, 1.82) is 0 Å². The maximum absolute atomic E-state index is 13.5. The molecular formula is C25H34N2O6S. The number of rotatable bonds is 11. The predicted octanol–water partition coefficient (Wildman–Crippen LogP) is 3.06. The lowest BCUT2D eigenvalue weighted by Crippen LogP contribution is -2.50. The van der Waals surface area contributed by atoms with Crippen molar-refractivity contribution in [1.82, 2.24) is 9.79 Å². The summed E-state index contributed by atoms with van der Waals surface area (Å²) in [5, 5.41) is 13.9. The minimum atomic E-state index is -4.07. The SMILES string of the molecule is COc1ccc(S(=O)(=O)N(CC(O)C(Cc2ccccc2)NC(C)=O)OC2CCCCC2)cc1. The number of methoxy groups -OCH3 is 1. The number of nitrogens with zero attached hydrogens (tertiary/aromatic N) is 1. The van der Waals surface area contributed by atoms with Crippen LogP contribution >= 0.6 is 0 Å². The van der Waals surface area contributed by atoms with E-state index in [1.807, 2.05) is 30.3 Å². The Balaban J connectivity index is 1.85. The molecule has 0 bridgehead atoms. The zero-order valence-corrected chi connectivity index (χ0v) is 20.5. The zero-order valence-electron chi connectivity index (χ0n) is 19.7. The van der Waals surface area contributed by atoms with E-state index in [0.717, 1.165) is 42.1 Å². The number of carbonyl (C=O) groups is 1. The first-order valence-corrected chi connectivity index (χ1v) is 13.1. The number of hydrogen-bond acceptors (Lipinski definition) is 6. The number of aliphatic hydroxyl groups excluding tert-OH is 1. The number of nitrogens with one attached hydrogen (secondary N) is 1. The molecule has 0 radical (unpaired) electrons. The quantitative estimate of drug-likeness (QED) is 0.469. The van der Waals surface area contributed by atoms with Crippen molar-refractivity contribution in [2.45, 2.75) is 68.6 Å². The molecule has 0 aromatic heterocycles. The van der Waals surface area contributed by atoms with Gasteiger partial charge >= 0.3 is 0 Å². The Labute approximate surface area is 201 Å². The topological polar surface area (TPSA) is 105 Å². The number of aliphatic hydroxyl groups is 1. The van der Waals surface area contributed by atoms with E-state index in [1.54, 1.807) is 12.1 Å². The van der Waals surface area contributed by atoms with Gasteiger partial charge in [0.05, 0.1) is 36.8 Å². The van der Waals surface area contributed by atoms with Gasteiger partial charge in [-0.25, -0.2) is 8.42 Å². The van der Waals surface area contributed by atoms with Crippen molar-refractivity contribution < 1.29 is 27.9 Å². The molecule has 0 aliphatic heterocycles. The first kappa shape index (κ1) is 26.2. The molecule has 9 heteroatoms. The lowest BCUT2D eigenvalue weighted by atomic mass is 9.98. The fourth-order valence-corrected chi connectivity index (χ4v) is 5.39. The predicted molar refractivity (Wildman–Crippen MR) is 129 cm³/mol. The molecule has 1 fully saturated rings. The Morgan fingerprint density at radius 1 is 1.09 bits per heavy atom. The Bertz CT molecular complexity index is 1010. The van der Waals surface area contributed by atoms with Crippen LogP contribution in [-0.2, 0) is 26.1 Å². The van der Waals surface area contributed by atoms with Crippen molar-refractivity contribution in [2.75, 3.05) is 13.7 Å². The summed E-state index contributed by atoms with van der Waals surface area (Å²) < 4.78 is 33.0. The number of ether oxygens (including phenoxy) is 1. The minimum absolute atomic E-state index is 0.0374. The normalized spacial score (nSPS) is 16.7. The van der Waals surface area contributed by atoms with Gasteiger partial charge in [0.15, 0.2) is 0 Å². The van der Waals surface area contributed by atoms with Crippen LogP contribution in [0, 0.1) is 0 Å². The highest BCUT2D eigenvalue weighted by Crippen LogP contribution is 2.26. The van der Waals surface area contributed by atoms with Gasteiger partial charge < -0.3 is 15.2 Å². The van der Waals surface area contributed by atoms with E-state index in [4.69, 9.17) is 9.57 Å². The fraction of sp³-hybridized carbons (Fsp3) is 0.480. The second-order valence-corrected chi connectivity index (χ2v) is 10.4. The Kier molecular flexibility index (Phi) is 9.46. The average molecular weight is 491 g/mol. The summed E-state index contributed by atoms with van der Waals surface area (Å²) >= 11 is 0. The van der Waals surface area contributed by atoms with Crippen LogP contribution < -0.4 is 10.1 Å². The van der Waals surface area contributed by atoms with Crippen LogP contribution in [0.2, 0.25) is 0 Å². The highest BCUT2D eigenvalue weighted by Gasteiger charge is 2.33. The Morgan fingerprint density at radius 3 is 2.32 bits per heavy atom. The maximum Gasteiger partial charge on any atom is 0.265 e. The molecule has 1 aliphatic carbocycles. The maximum atomic E-state index is 13.5. The van der Waals surface area contributed by atoms with Crippen molar-refractivity contribution in [3.63, 3.8) is 0 Å². The van der Waals surface area contributed by atoms with Crippen LogP contribution in [0.3, 0.4) is 0 Å². The number of amides is 1. The van der Waals surface area contributed by atoms with Crippen molar-refractivity contribution in [3.05, 3.63) is 60.2 Å². The summed E-state index contributed by atoms with van der Waals surface area (Å²) in [6, 6.07) is 14.8. The molecule has 1 amide bonds. The standard InChI is InChI=1S/C25H34N2O6S/c1-19(28)26-24(17-20-9-5-3-6-10-20)25(29)18-27(33-22-11-7-4-8-12-22)34(30,31)23-15-13-21(32-2)14-16-23/h3,5-6,9-10,13-16,22,24-25,29H,4,7-8,11-12,17-18H2,1-2H3,(H,26,28). The van der Waals surface area contributed by atoms with E-state index in [0.29, 0.717) is 12.2 Å². The average Bonchev–Trinajstić information content (AvgIpc) is 2.84. The molecule has 0 saturated heterocycles. The van der Waals surface area contributed by atoms with Crippen LogP contribution in [0.1, 0.15) is 44.6 Å². The van der Waals surface area contributed by atoms with Gasteiger partial charge in [0.25, 0.3) is 10.0 Å². The van der Waals surface area contributed by atoms with Crippen LogP contribution in [-0.4, -0.2) is 55.8 Å². The third-order valence-electron chi connectivity index (χ3n) is 5.93. The number of benzene rings is 2. The molecule has 1 aliphatic rings. The van der Waals surface area contributed by atoms with Gasteiger partial charge in [0.2, 0.25) is 5.91 Å². The lowest BCUT2D eigenvalue weighted by molar-refractivity contribution is -0.157. The van der Waals surface area contributed by atoms with Crippen LogP contribution in [0.4, 0.5) is 0 Å². The molecule has 3 rings (SSSR count). The second-order valence-electron chi connectivity index (χ2n) is 8.60. The molecule has 2 N–H and O–H groups in total. The number of hydrogen-bond donors (Lipinski definition) is 2. The fourth-order valence-electron chi connectivity index (χ4n) is 4.09. The van der Waals surface area contributed by atoms with E-state index in [1.165, 1.54) is 26.2 Å². The van der Waals surface area contributed by atoms with Crippen LogP contribution in [0.5, 0.6) is 5.75 Å². The van der Waals surface area contributed by atoms with Gasteiger partial charge in [0, 0.05) is 6.92 Å². The highest BCUT2D eigenvalue weighted by molar-refractivity contribution is 7.89. The molecular weight excluding hydrogens is 456 g/mol. The molecule has 2 unspecified atom stereocenters. The van der Waals surface area contributed by atoms with Gasteiger partial charge in [-0.1, -0.05) is 54.1 Å². The van der Waals surface area contributed by atoms with E-state index < -0.39 is 22.2 Å². The van der Waals surface area contributed by atoms with Crippen molar-refractivity contribution in [2.24, 2.45) is 0 Å². The molecule has 34 heavy (non-hydrogen) atoms. The van der Waals surface area contributed by atoms with Gasteiger partial charge in [-0.15, -0.1) is 0 Å². The van der Waals surface area contributed by atoms with Gasteiger partial charge in [-0.3, -0.25) is 9.63 Å². The Morgan fingerprint density at radius 2 is 1.74 bits per heavy atom. The van der Waals surface area contributed by atoms with Gasteiger partial charge in [0.1, 0.15) is 5.75 Å². The smallest absolute Gasteiger partial charge is 0.265 e. The number of sulfonamides is 1. The van der Waals surface area contributed by atoms with Crippen LogP contribution in [0.25, 0.3) is 0 Å². The molecule has 186 valence electrons. The first-order chi connectivity index (χ1) is 16.3. The first-order valence-electron chi connectivity index (χ1n) is 11.6. The second kappa shape index (κ2) is 12.3. The molecule has 8 nitrogen and oxygen atoms in total. The molecule has 0 spiro atoms. The number of carbonyl (C=O) groups excluding carboxylic acids is 1. The molecule has 2 aromatic carbocycles. The summed E-state index contributed by atoms with van der Waals surface area (Å²) in [5.41, 5.74) is 0.915. The van der Waals surface area contributed by atoms with E-state index in [2.05, 4.69) is 5.32 Å². The number of hydroxylamine groups is 1. The molecule has 2 atom stereocenters. The van der Waals surface area contributed by atoms with E-state index in [-0.39, 0.29) is 23.5 Å². The summed E-state index contributed by atoms with van der Waals surface area (Å²) in [7, 11) is -2.57. The zero-order chi connectivity index (χ0) is 24.6. The van der Waals surface area contributed by atoms with Crippen molar-refractivity contribution in [3.8, 4) is 5.75 Å². The Hall–Kier alpha value is -2.46. The highest BCUT2D eigenvalue weighted by atomic mass is 32.2. The largest absolute Gasteiger partial charge is 0.497 e. The molecule has 2 aromatic rings. The van der Waals surface area contributed by atoms with Crippen LogP contribution in [0.15, 0.2) is 59.5 Å². The summed E-state index contributed by atoms with van der Waals surface area (Å²) in [6.45, 7) is 1.05. The van der Waals surface area contributed by atoms with Gasteiger partial charge in [-0.05, 0) is 49.1 Å². The molecule has 0 heterocycles. The molecule has 1 saturated carbocycles. The summed E-state index contributed by atoms with van der Waals surface area (Å²) in [5.74, 6) is 0.227. The van der Waals surface area contributed by atoms with E-state index in [9.17, 15) is 18.3 Å². The third-order valence-corrected chi connectivity index (χ3v) is 7.57. The lowest BCUT2D eigenvalue weighted by Gasteiger charge is -2.32. The van der Waals surface area contributed by atoms with E-state index >= 15 is 0 Å². The van der Waals surface area contributed by atoms with Crippen molar-refractivity contribution >= 4 is 15.9 Å². The summed E-state index contributed by atoms with van der Waals surface area (Å²) in [6.07, 6.45) is 3.44. The third kappa shape index (κ3) is 7.27. The van der Waals surface area contributed by atoms with Gasteiger partial charge in [-0.2, -0.15) is 0 Å². The monoisotopic (exact) mass is 490 g/mol. The summed E-state index contributed by atoms with van der Waals surface area (Å²) in [4.78, 5) is 17.9.